The average Bonchev–Trinajstić information content (AvgIpc) is 2.64. The Bertz CT molecular complexity index is 457. The molecule has 5 heteroatoms. The molecule has 0 saturated carbocycles. The summed E-state index contributed by atoms with van der Waals surface area (Å²) in [5.74, 6) is -0.803. The zero-order chi connectivity index (χ0) is 16.4. The molecule has 0 N–H and O–H groups in total. The minimum atomic E-state index is -0.783. The number of ether oxygens (including phenoxy) is 2. The van der Waals surface area contributed by atoms with E-state index in [4.69, 9.17) is 9.47 Å². The normalized spacial score (nSPS) is 19.4. The molecule has 1 atom stereocenters. The number of carbonyl (C=O) groups excluding carboxylic acids is 3. The van der Waals surface area contributed by atoms with Crippen LogP contribution in [0, 0.1) is 10.8 Å². The second-order valence-electron chi connectivity index (χ2n) is 6.93. The van der Waals surface area contributed by atoms with Crippen LogP contribution in [0.15, 0.2) is 12.2 Å². The summed E-state index contributed by atoms with van der Waals surface area (Å²) in [6.07, 6.45) is 0.321. The lowest BCUT2D eigenvalue weighted by Gasteiger charge is -2.31. The summed E-state index contributed by atoms with van der Waals surface area (Å²) in [4.78, 5) is 35.0. The minimum absolute atomic E-state index is 0.0214. The summed E-state index contributed by atoms with van der Waals surface area (Å²) in [7, 11) is 0. The Morgan fingerprint density at radius 3 is 2.29 bits per heavy atom. The number of Topliss-reactive ketones (excluding diaryl/α,β-unsaturated/α-hetero) is 1. The first-order valence-electron chi connectivity index (χ1n) is 7.03. The Balaban J connectivity index is 2.56. The molecule has 0 amide bonds. The van der Waals surface area contributed by atoms with E-state index < -0.39 is 28.9 Å². The lowest BCUT2D eigenvalue weighted by atomic mass is 9.73. The van der Waals surface area contributed by atoms with Gasteiger partial charge in [0.25, 0.3) is 0 Å². The molecule has 0 aromatic heterocycles. The Labute approximate surface area is 125 Å². The zero-order valence-electron chi connectivity index (χ0n) is 13.4. The lowest BCUT2D eigenvalue weighted by Crippen LogP contribution is -2.36. The first-order chi connectivity index (χ1) is 9.45. The van der Waals surface area contributed by atoms with E-state index in [2.05, 4.69) is 6.58 Å². The lowest BCUT2D eigenvalue weighted by molar-refractivity contribution is -0.162. The second kappa shape index (κ2) is 6.00. The van der Waals surface area contributed by atoms with Gasteiger partial charge in [-0.3, -0.25) is 9.59 Å². The Kier molecular flexibility index (Phi) is 4.97. The summed E-state index contributed by atoms with van der Waals surface area (Å²) in [6.45, 7) is 12.2. The molecule has 0 spiro atoms. The molecule has 1 saturated heterocycles. The summed E-state index contributed by atoms with van der Waals surface area (Å²) >= 11 is 0. The van der Waals surface area contributed by atoms with Crippen LogP contribution in [-0.4, -0.2) is 30.4 Å². The van der Waals surface area contributed by atoms with E-state index in [1.54, 1.807) is 13.8 Å². The molecule has 0 aliphatic carbocycles. The highest BCUT2D eigenvalue weighted by atomic mass is 16.6. The van der Waals surface area contributed by atoms with E-state index in [-0.39, 0.29) is 12.4 Å². The van der Waals surface area contributed by atoms with Crippen LogP contribution < -0.4 is 0 Å². The van der Waals surface area contributed by atoms with Crippen molar-refractivity contribution in [3.8, 4) is 0 Å². The van der Waals surface area contributed by atoms with Crippen molar-refractivity contribution in [1.29, 1.82) is 0 Å². The third-order valence-electron chi connectivity index (χ3n) is 3.83. The summed E-state index contributed by atoms with van der Waals surface area (Å²) < 4.78 is 10.3. The van der Waals surface area contributed by atoms with Gasteiger partial charge in [0.15, 0.2) is 0 Å². The van der Waals surface area contributed by atoms with Crippen molar-refractivity contribution in [2.45, 2.75) is 53.6 Å². The molecule has 118 valence electrons. The second-order valence-corrected chi connectivity index (χ2v) is 6.93. The number of hydrogen-bond donors (Lipinski definition) is 0. The smallest absolute Gasteiger partial charge is 0.333 e. The Hall–Kier alpha value is -1.65. The maximum atomic E-state index is 12.2. The molecule has 21 heavy (non-hydrogen) atoms. The van der Waals surface area contributed by atoms with Gasteiger partial charge in [-0.2, -0.15) is 0 Å². The monoisotopic (exact) mass is 296 g/mol. The quantitative estimate of drug-likeness (QED) is 0.556. The maximum absolute atomic E-state index is 12.2. The van der Waals surface area contributed by atoms with Crippen LogP contribution in [0.3, 0.4) is 0 Å². The summed E-state index contributed by atoms with van der Waals surface area (Å²) in [6, 6.07) is 0. The van der Waals surface area contributed by atoms with Gasteiger partial charge in [0.1, 0.15) is 18.5 Å². The van der Waals surface area contributed by atoms with Gasteiger partial charge in [0.05, 0.1) is 5.41 Å². The van der Waals surface area contributed by atoms with Gasteiger partial charge in [-0.05, 0) is 27.2 Å². The van der Waals surface area contributed by atoms with Crippen molar-refractivity contribution < 1.29 is 23.9 Å². The maximum Gasteiger partial charge on any atom is 0.333 e. The van der Waals surface area contributed by atoms with Crippen LogP contribution in [0.1, 0.15) is 47.5 Å². The number of hydrogen-bond acceptors (Lipinski definition) is 5. The van der Waals surface area contributed by atoms with Crippen molar-refractivity contribution in [3.05, 3.63) is 12.2 Å². The van der Waals surface area contributed by atoms with Crippen LogP contribution in [0.25, 0.3) is 0 Å². The molecule has 1 unspecified atom stereocenters. The molecule has 0 bridgehead atoms. The minimum Gasteiger partial charge on any atom is -0.461 e. The van der Waals surface area contributed by atoms with Crippen LogP contribution in [0.4, 0.5) is 0 Å². The molecule has 0 aromatic carbocycles. The summed E-state index contributed by atoms with van der Waals surface area (Å²) in [5.41, 5.74) is -0.973. The van der Waals surface area contributed by atoms with E-state index in [0.717, 1.165) is 0 Å². The van der Waals surface area contributed by atoms with Gasteiger partial charge in [-0.25, -0.2) is 4.79 Å². The molecule has 1 heterocycles. The van der Waals surface area contributed by atoms with Gasteiger partial charge >= 0.3 is 11.9 Å². The third-order valence-corrected chi connectivity index (χ3v) is 3.83. The van der Waals surface area contributed by atoms with Crippen molar-refractivity contribution >= 4 is 17.7 Å². The predicted molar refractivity (Wildman–Crippen MR) is 77.5 cm³/mol. The highest BCUT2D eigenvalue weighted by Gasteiger charge is 2.39. The molecular formula is C16H24O5. The highest BCUT2D eigenvalue weighted by Crippen LogP contribution is 2.35. The van der Waals surface area contributed by atoms with E-state index in [1.165, 1.54) is 6.92 Å². The van der Waals surface area contributed by atoms with Crippen LogP contribution in [0.5, 0.6) is 0 Å². The van der Waals surface area contributed by atoms with Gasteiger partial charge < -0.3 is 9.47 Å². The molecule has 1 aliphatic rings. The van der Waals surface area contributed by atoms with Crippen LogP contribution in [0.2, 0.25) is 0 Å². The first-order valence-corrected chi connectivity index (χ1v) is 7.03. The molecule has 0 aromatic rings. The van der Waals surface area contributed by atoms with Gasteiger partial charge in [-0.1, -0.05) is 20.4 Å². The predicted octanol–water partition coefficient (Wildman–Crippen LogP) is 2.43. The van der Waals surface area contributed by atoms with E-state index in [0.29, 0.717) is 18.4 Å². The van der Waals surface area contributed by atoms with E-state index in [1.807, 2.05) is 13.8 Å². The molecule has 5 nitrogen and oxygen atoms in total. The SMILES string of the molecule is C=C1CC(COC(=O)C(C)(C)CC(C)(C)C(C)=O)OC1=O. The van der Waals surface area contributed by atoms with E-state index >= 15 is 0 Å². The Morgan fingerprint density at radius 1 is 1.29 bits per heavy atom. The number of esters is 2. The Morgan fingerprint density at radius 2 is 1.86 bits per heavy atom. The topological polar surface area (TPSA) is 69.7 Å². The van der Waals surface area contributed by atoms with Crippen molar-refractivity contribution in [2.75, 3.05) is 6.61 Å². The first kappa shape index (κ1) is 17.4. The third kappa shape index (κ3) is 4.41. The number of ketones is 1. The standard InChI is InChI=1S/C16H24O5/c1-10-7-12(21-13(10)18)8-20-14(19)16(5,6)9-15(3,4)11(2)17/h12H,1,7-9H2,2-6H3. The fourth-order valence-corrected chi connectivity index (χ4v) is 2.39. The average molecular weight is 296 g/mol. The van der Waals surface area contributed by atoms with Gasteiger partial charge in [-0.15, -0.1) is 0 Å². The van der Waals surface area contributed by atoms with Crippen molar-refractivity contribution in [1.82, 2.24) is 0 Å². The van der Waals surface area contributed by atoms with Gasteiger partial charge in [0.2, 0.25) is 0 Å². The van der Waals surface area contributed by atoms with Crippen LogP contribution in [-0.2, 0) is 23.9 Å². The molecule has 1 rings (SSSR count). The largest absolute Gasteiger partial charge is 0.461 e. The molecule has 0 radical (unpaired) electrons. The fraction of sp³-hybridized carbons (Fsp3) is 0.688. The summed E-state index contributed by atoms with van der Waals surface area (Å²) in [5, 5.41) is 0. The highest BCUT2D eigenvalue weighted by molar-refractivity contribution is 5.90. The molecule has 1 aliphatic heterocycles. The van der Waals surface area contributed by atoms with Gasteiger partial charge in [0, 0.05) is 17.4 Å². The molecule has 1 fully saturated rings. The fourth-order valence-electron chi connectivity index (χ4n) is 2.39. The number of carbonyl (C=O) groups is 3. The zero-order valence-corrected chi connectivity index (χ0v) is 13.4. The van der Waals surface area contributed by atoms with Crippen molar-refractivity contribution in [3.63, 3.8) is 0 Å². The van der Waals surface area contributed by atoms with Crippen LogP contribution >= 0.6 is 0 Å². The van der Waals surface area contributed by atoms with E-state index in [9.17, 15) is 14.4 Å². The number of rotatable bonds is 6. The van der Waals surface area contributed by atoms with Crippen molar-refractivity contribution in [2.24, 2.45) is 10.8 Å². The number of cyclic esters (lactones) is 1. The molecular weight excluding hydrogens is 272 g/mol.